The largest absolute Gasteiger partial charge is 0.497 e. The maximum Gasteiger partial charge on any atom is 0.143 e. The van der Waals surface area contributed by atoms with Gasteiger partial charge in [-0.1, -0.05) is 59.7 Å². The summed E-state index contributed by atoms with van der Waals surface area (Å²) in [4.78, 5) is 2.80. The van der Waals surface area contributed by atoms with Gasteiger partial charge in [0.15, 0.2) is 0 Å². The minimum absolute atomic E-state index is 0.0750. The molecule has 1 saturated heterocycles. The highest BCUT2D eigenvalue weighted by Crippen LogP contribution is 2.42. The number of rotatable bonds is 9. The summed E-state index contributed by atoms with van der Waals surface area (Å²) in [6.45, 7) is 0.0750. The fourth-order valence-electron chi connectivity index (χ4n) is 4.27. The number of benzene rings is 3. The fraction of sp³-hybridized carbons (Fsp3) is 0.308. The summed E-state index contributed by atoms with van der Waals surface area (Å²) in [6, 6.07) is 25.3. The zero-order valence-corrected chi connectivity index (χ0v) is 19.1. The van der Waals surface area contributed by atoms with Crippen molar-refractivity contribution in [2.75, 3.05) is 20.8 Å². The minimum Gasteiger partial charge on any atom is -0.497 e. The highest BCUT2D eigenvalue weighted by atomic mass is 16.6. The number of ether oxygens (including phenoxy) is 4. The van der Waals surface area contributed by atoms with Crippen LogP contribution in [0.1, 0.15) is 23.1 Å². The van der Waals surface area contributed by atoms with Gasteiger partial charge in [-0.3, -0.25) is 0 Å². The zero-order chi connectivity index (χ0) is 24.0. The highest BCUT2D eigenvalue weighted by Gasteiger charge is 2.41. The summed E-state index contributed by atoms with van der Waals surface area (Å²) in [7, 11) is 3.25. The number of hydrogen-bond donors (Lipinski definition) is 1. The molecule has 8 heteroatoms. The van der Waals surface area contributed by atoms with E-state index in [4.69, 9.17) is 24.5 Å². The molecule has 3 aromatic rings. The summed E-state index contributed by atoms with van der Waals surface area (Å²) >= 11 is 0. The van der Waals surface area contributed by atoms with Crippen molar-refractivity contribution in [1.82, 2.24) is 0 Å². The third-order valence-electron chi connectivity index (χ3n) is 6.02. The average Bonchev–Trinajstić information content (AvgIpc) is 3.24. The molecule has 0 saturated carbocycles. The van der Waals surface area contributed by atoms with Gasteiger partial charge in [-0.25, -0.2) is 0 Å². The molecule has 0 radical (unpaired) electrons. The van der Waals surface area contributed by atoms with Gasteiger partial charge in [0, 0.05) is 11.3 Å². The van der Waals surface area contributed by atoms with E-state index in [0.717, 1.165) is 28.2 Å². The highest BCUT2D eigenvalue weighted by molar-refractivity contribution is 5.49. The van der Waals surface area contributed by atoms with Crippen LogP contribution in [-0.4, -0.2) is 44.4 Å². The zero-order valence-electron chi connectivity index (χ0n) is 19.1. The lowest BCUT2D eigenvalue weighted by Gasteiger charge is -2.37. The van der Waals surface area contributed by atoms with Gasteiger partial charge in [0.1, 0.15) is 29.4 Å². The number of hydrogen-bond acceptors (Lipinski definition) is 6. The van der Waals surface area contributed by atoms with Crippen molar-refractivity contribution in [3.05, 3.63) is 106 Å². The number of nitrogens with zero attached hydrogens (tertiary/aromatic N) is 3. The summed E-state index contributed by atoms with van der Waals surface area (Å²) < 4.78 is 23.2. The van der Waals surface area contributed by atoms with Crippen LogP contribution in [0.15, 0.2) is 84.0 Å². The molecule has 3 atom stereocenters. The van der Waals surface area contributed by atoms with Gasteiger partial charge in [-0.15, -0.1) is 0 Å². The Labute approximate surface area is 198 Å². The van der Waals surface area contributed by atoms with E-state index in [9.17, 15) is 5.11 Å². The smallest absolute Gasteiger partial charge is 0.143 e. The van der Waals surface area contributed by atoms with Gasteiger partial charge in [-0.05, 0) is 46.5 Å². The van der Waals surface area contributed by atoms with E-state index < -0.39 is 24.0 Å². The first kappa shape index (κ1) is 23.6. The monoisotopic (exact) mass is 461 g/mol. The Balaban J connectivity index is 1.80. The summed E-state index contributed by atoms with van der Waals surface area (Å²) in [5.41, 5.74) is 10.4. The quantitative estimate of drug-likeness (QED) is 0.213. The molecule has 1 N–H and O–H groups in total. The molecule has 176 valence electrons. The third-order valence-corrected chi connectivity index (χ3v) is 6.02. The van der Waals surface area contributed by atoms with Crippen molar-refractivity contribution in [2.24, 2.45) is 5.11 Å². The predicted octanol–water partition coefficient (Wildman–Crippen LogP) is 4.80. The lowest BCUT2D eigenvalue weighted by Crippen LogP contribution is -2.38. The Kier molecular flexibility index (Phi) is 7.35. The van der Waals surface area contributed by atoms with Gasteiger partial charge in [0.2, 0.25) is 0 Å². The van der Waals surface area contributed by atoms with Crippen LogP contribution < -0.4 is 9.47 Å². The molecule has 1 fully saturated rings. The first-order valence-electron chi connectivity index (χ1n) is 11.0. The molecule has 4 rings (SSSR count). The van der Waals surface area contributed by atoms with Crippen LogP contribution in [0.2, 0.25) is 0 Å². The first-order valence-corrected chi connectivity index (χ1v) is 11.0. The molecular formula is C26H27N3O5. The van der Waals surface area contributed by atoms with E-state index in [1.807, 2.05) is 78.9 Å². The van der Waals surface area contributed by atoms with Gasteiger partial charge in [0.25, 0.3) is 0 Å². The molecule has 3 aromatic carbocycles. The average molecular weight is 462 g/mol. The number of aliphatic hydroxyl groups excluding tert-OH is 1. The van der Waals surface area contributed by atoms with E-state index in [0.29, 0.717) is 0 Å². The van der Waals surface area contributed by atoms with Crippen molar-refractivity contribution in [3.63, 3.8) is 0 Å². The second-order valence-electron chi connectivity index (χ2n) is 7.95. The lowest BCUT2D eigenvalue weighted by molar-refractivity contribution is -0.0812. The van der Waals surface area contributed by atoms with Crippen molar-refractivity contribution in [1.29, 1.82) is 0 Å². The molecule has 0 aliphatic carbocycles. The lowest BCUT2D eigenvalue weighted by atomic mass is 9.80. The third kappa shape index (κ3) is 4.71. The van der Waals surface area contributed by atoms with E-state index in [1.165, 1.54) is 0 Å². The SMILES string of the molecule is COc1ccc(C(OC[C@H]2O[C@@H](N=[N+]=[N-])C[C@@H]2O)(c2ccccc2)c2ccc(OC)cc2)cc1. The second-order valence-corrected chi connectivity index (χ2v) is 7.95. The topological polar surface area (TPSA) is 106 Å². The van der Waals surface area contributed by atoms with Crippen molar-refractivity contribution in [3.8, 4) is 11.5 Å². The van der Waals surface area contributed by atoms with E-state index in [1.54, 1.807) is 14.2 Å². The number of azide groups is 1. The summed E-state index contributed by atoms with van der Waals surface area (Å²) in [5, 5.41) is 14.1. The molecule has 1 aliphatic heterocycles. The van der Waals surface area contributed by atoms with Gasteiger partial charge in [0.05, 0.1) is 26.9 Å². The van der Waals surface area contributed by atoms with Crippen molar-refractivity contribution in [2.45, 2.75) is 30.5 Å². The van der Waals surface area contributed by atoms with E-state index in [-0.39, 0.29) is 13.0 Å². The maximum atomic E-state index is 10.5. The molecule has 1 aliphatic rings. The minimum atomic E-state index is -1.01. The fourth-order valence-corrected chi connectivity index (χ4v) is 4.27. The van der Waals surface area contributed by atoms with Crippen LogP contribution in [0.3, 0.4) is 0 Å². The normalized spacial score (nSPS) is 19.9. The molecule has 1 heterocycles. The standard InChI is InChI=1S/C26H27N3O5/c1-31-21-12-8-19(9-13-21)26(18-6-4-3-5-7-18,20-10-14-22(32-2)15-11-20)33-17-24-23(30)16-25(34-24)28-29-27/h3-15,23-25,30H,16-17H2,1-2H3/t23-,24+,25+/m0/s1. The van der Waals surface area contributed by atoms with Crippen LogP contribution in [0.4, 0.5) is 0 Å². The molecule has 0 spiro atoms. The second kappa shape index (κ2) is 10.6. The van der Waals surface area contributed by atoms with Crippen LogP contribution in [0, 0.1) is 0 Å². The Morgan fingerprint density at radius 1 is 0.912 bits per heavy atom. The molecule has 8 nitrogen and oxygen atoms in total. The Morgan fingerprint density at radius 2 is 1.44 bits per heavy atom. The van der Waals surface area contributed by atoms with Crippen molar-refractivity contribution >= 4 is 0 Å². The molecule has 34 heavy (non-hydrogen) atoms. The number of aliphatic hydroxyl groups is 1. The maximum absolute atomic E-state index is 10.5. The van der Waals surface area contributed by atoms with Gasteiger partial charge in [-0.2, -0.15) is 0 Å². The van der Waals surface area contributed by atoms with E-state index in [2.05, 4.69) is 10.0 Å². The van der Waals surface area contributed by atoms with E-state index >= 15 is 0 Å². The van der Waals surface area contributed by atoms with Gasteiger partial charge < -0.3 is 24.1 Å². The Bertz CT molecular complexity index is 1070. The molecule has 0 amide bonds. The van der Waals surface area contributed by atoms with Crippen LogP contribution in [-0.2, 0) is 15.1 Å². The Hall–Kier alpha value is -3.55. The molecule has 0 bridgehead atoms. The molecule has 0 unspecified atom stereocenters. The molecular weight excluding hydrogens is 434 g/mol. The Morgan fingerprint density at radius 3 is 1.94 bits per heavy atom. The van der Waals surface area contributed by atoms with Crippen LogP contribution >= 0.6 is 0 Å². The predicted molar refractivity (Wildman–Crippen MR) is 127 cm³/mol. The molecule has 0 aromatic heterocycles. The summed E-state index contributed by atoms with van der Waals surface area (Å²) in [6.07, 6.45) is -1.95. The van der Waals surface area contributed by atoms with Crippen LogP contribution in [0.25, 0.3) is 10.4 Å². The van der Waals surface area contributed by atoms with Gasteiger partial charge >= 0.3 is 0 Å². The number of methoxy groups -OCH3 is 2. The first-order chi connectivity index (χ1) is 16.6. The van der Waals surface area contributed by atoms with Crippen molar-refractivity contribution < 1.29 is 24.1 Å². The summed E-state index contributed by atoms with van der Waals surface area (Å²) in [5.74, 6) is 1.46. The van der Waals surface area contributed by atoms with Crippen LogP contribution in [0.5, 0.6) is 11.5 Å².